The van der Waals surface area contributed by atoms with E-state index < -0.39 is 0 Å². The number of rotatable bonds is 6. The number of aromatic amines is 1. The number of nitrogens with one attached hydrogen (secondary N) is 2. The van der Waals surface area contributed by atoms with Crippen molar-refractivity contribution in [2.24, 2.45) is 0 Å². The predicted octanol–water partition coefficient (Wildman–Crippen LogP) is 1.10. The van der Waals surface area contributed by atoms with Crippen molar-refractivity contribution in [2.75, 3.05) is 6.54 Å². The summed E-state index contributed by atoms with van der Waals surface area (Å²) in [4.78, 5) is 22.8. The Morgan fingerprint density at radius 1 is 1.22 bits per heavy atom. The van der Waals surface area contributed by atoms with Crippen LogP contribution in [0.4, 0.5) is 0 Å². The van der Waals surface area contributed by atoms with E-state index in [1.165, 1.54) is 0 Å². The summed E-state index contributed by atoms with van der Waals surface area (Å²) in [5.74, 6) is 0.937. The topological polar surface area (TPSA) is 70.7 Å². The molecule has 2 heterocycles. The van der Waals surface area contributed by atoms with Gasteiger partial charge in [0.25, 0.3) is 0 Å². The zero-order valence-electron chi connectivity index (χ0n) is 10.1. The summed E-state index contributed by atoms with van der Waals surface area (Å²) in [5.41, 5.74) is 0.943. The van der Waals surface area contributed by atoms with E-state index in [-0.39, 0.29) is 5.91 Å². The number of carbonyl (C=O) groups is 1. The summed E-state index contributed by atoms with van der Waals surface area (Å²) in [6.45, 7) is 0.606. The molecule has 0 radical (unpaired) electrons. The van der Waals surface area contributed by atoms with Crippen LogP contribution in [0.1, 0.15) is 17.9 Å². The van der Waals surface area contributed by atoms with E-state index in [4.69, 9.17) is 0 Å². The van der Waals surface area contributed by atoms with Crippen molar-refractivity contribution in [3.05, 3.63) is 48.3 Å². The fraction of sp³-hybridized carbons (Fsp3) is 0.308. The largest absolute Gasteiger partial charge is 0.356 e. The Balaban J connectivity index is 1.63. The minimum Gasteiger partial charge on any atom is -0.356 e. The molecule has 2 aromatic rings. The van der Waals surface area contributed by atoms with Gasteiger partial charge in [0.2, 0.25) is 5.91 Å². The average molecular weight is 244 g/mol. The summed E-state index contributed by atoms with van der Waals surface area (Å²) in [7, 11) is 0. The lowest BCUT2D eigenvalue weighted by atomic mass is 10.2. The van der Waals surface area contributed by atoms with Crippen LogP contribution in [-0.2, 0) is 17.6 Å². The van der Waals surface area contributed by atoms with Crippen LogP contribution in [0, 0.1) is 0 Å². The number of carbonyl (C=O) groups excluding carboxylic acids is 1. The monoisotopic (exact) mass is 244 g/mol. The van der Waals surface area contributed by atoms with E-state index in [9.17, 15) is 4.79 Å². The molecule has 0 unspecified atom stereocenters. The molecule has 0 bridgehead atoms. The maximum absolute atomic E-state index is 11.6. The molecule has 0 aliphatic rings. The highest BCUT2D eigenvalue weighted by molar-refractivity contribution is 5.76. The zero-order valence-corrected chi connectivity index (χ0v) is 10.1. The molecule has 0 saturated heterocycles. The maximum Gasteiger partial charge on any atom is 0.220 e. The summed E-state index contributed by atoms with van der Waals surface area (Å²) in [6, 6.07) is 5.72. The van der Waals surface area contributed by atoms with Crippen LogP contribution in [0.5, 0.6) is 0 Å². The Morgan fingerprint density at radius 3 is 2.89 bits per heavy atom. The molecule has 0 fully saturated rings. The van der Waals surface area contributed by atoms with E-state index in [2.05, 4.69) is 20.3 Å². The molecule has 1 amide bonds. The summed E-state index contributed by atoms with van der Waals surface area (Å²) in [5, 5.41) is 2.86. The first-order valence-corrected chi connectivity index (χ1v) is 5.99. The summed E-state index contributed by atoms with van der Waals surface area (Å²) in [6.07, 6.45) is 7.09. The van der Waals surface area contributed by atoms with Gasteiger partial charge in [-0.1, -0.05) is 6.07 Å². The van der Waals surface area contributed by atoms with E-state index in [1.54, 1.807) is 18.6 Å². The van der Waals surface area contributed by atoms with Crippen molar-refractivity contribution in [2.45, 2.75) is 19.3 Å². The number of pyridine rings is 1. The van der Waals surface area contributed by atoms with Crippen molar-refractivity contribution in [3.63, 3.8) is 0 Å². The lowest BCUT2D eigenvalue weighted by Gasteiger charge is -2.03. The Morgan fingerprint density at radius 2 is 2.17 bits per heavy atom. The maximum atomic E-state index is 11.6. The summed E-state index contributed by atoms with van der Waals surface area (Å²) < 4.78 is 0. The Kier molecular flexibility index (Phi) is 4.46. The minimum atomic E-state index is 0.0483. The molecule has 94 valence electrons. The quantitative estimate of drug-likeness (QED) is 0.799. The van der Waals surface area contributed by atoms with Crippen LogP contribution in [0.15, 0.2) is 36.8 Å². The summed E-state index contributed by atoms with van der Waals surface area (Å²) >= 11 is 0. The molecule has 2 rings (SSSR count). The van der Waals surface area contributed by atoms with Gasteiger partial charge in [-0.05, 0) is 18.6 Å². The molecule has 0 aliphatic carbocycles. The molecule has 18 heavy (non-hydrogen) atoms. The average Bonchev–Trinajstić information content (AvgIpc) is 2.91. The van der Waals surface area contributed by atoms with Gasteiger partial charge in [-0.25, -0.2) is 4.98 Å². The van der Waals surface area contributed by atoms with E-state index >= 15 is 0 Å². The third kappa shape index (κ3) is 4.01. The zero-order chi connectivity index (χ0) is 12.6. The molecule has 2 aromatic heterocycles. The van der Waals surface area contributed by atoms with Gasteiger partial charge in [0.05, 0.1) is 0 Å². The first kappa shape index (κ1) is 12.3. The smallest absolute Gasteiger partial charge is 0.220 e. The van der Waals surface area contributed by atoms with Gasteiger partial charge in [-0.3, -0.25) is 9.78 Å². The molecule has 0 atom stereocenters. The van der Waals surface area contributed by atoms with Gasteiger partial charge in [0, 0.05) is 43.7 Å². The number of nitrogens with zero attached hydrogens (tertiary/aromatic N) is 2. The lowest BCUT2D eigenvalue weighted by Crippen LogP contribution is -2.26. The standard InChI is InChI=1S/C13H16N4O/c18-13(5-4-11-3-1-2-7-14-11)17-8-6-12-15-9-10-16-12/h1-3,7,9-10H,4-6,8H2,(H,15,16)(H,17,18). The number of hydrogen-bond acceptors (Lipinski definition) is 3. The van der Waals surface area contributed by atoms with Gasteiger partial charge in [0.1, 0.15) is 5.82 Å². The number of amides is 1. The number of H-pyrrole nitrogens is 1. The molecule has 2 N–H and O–H groups in total. The van der Waals surface area contributed by atoms with Crippen molar-refractivity contribution >= 4 is 5.91 Å². The number of aryl methyl sites for hydroxylation is 1. The highest BCUT2D eigenvalue weighted by atomic mass is 16.1. The molecular weight excluding hydrogens is 228 g/mol. The third-order valence-corrected chi connectivity index (χ3v) is 2.57. The Bertz CT molecular complexity index is 467. The van der Waals surface area contributed by atoms with Crippen LogP contribution < -0.4 is 5.32 Å². The van der Waals surface area contributed by atoms with Crippen LogP contribution in [0.25, 0.3) is 0 Å². The fourth-order valence-corrected chi connectivity index (χ4v) is 1.63. The SMILES string of the molecule is O=C(CCc1ccccn1)NCCc1ncc[nH]1. The Hall–Kier alpha value is -2.17. The normalized spacial score (nSPS) is 10.2. The second-order valence-electron chi connectivity index (χ2n) is 3.96. The van der Waals surface area contributed by atoms with Crippen molar-refractivity contribution in [1.29, 1.82) is 0 Å². The van der Waals surface area contributed by atoms with Gasteiger partial charge >= 0.3 is 0 Å². The molecule has 0 aromatic carbocycles. The van der Waals surface area contributed by atoms with Crippen LogP contribution in [-0.4, -0.2) is 27.4 Å². The van der Waals surface area contributed by atoms with Crippen LogP contribution >= 0.6 is 0 Å². The highest BCUT2D eigenvalue weighted by Gasteiger charge is 2.02. The second kappa shape index (κ2) is 6.54. The third-order valence-electron chi connectivity index (χ3n) is 2.57. The van der Waals surface area contributed by atoms with Gasteiger partial charge in [0.15, 0.2) is 0 Å². The van der Waals surface area contributed by atoms with Crippen LogP contribution in [0.2, 0.25) is 0 Å². The first-order valence-electron chi connectivity index (χ1n) is 5.99. The van der Waals surface area contributed by atoms with E-state index in [1.807, 2.05) is 18.2 Å². The van der Waals surface area contributed by atoms with Crippen molar-refractivity contribution in [1.82, 2.24) is 20.3 Å². The minimum absolute atomic E-state index is 0.0483. The van der Waals surface area contributed by atoms with E-state index in [0.717, 1.165) is 17.9 Å². The van der Waals surface area contributed by atoms with Crippen molar-refractivity contribution < 1.29 is 4.79 Å². The van der Waals surface area contributed by atoms with Crippen molar-refractivity contribution in [3.8, 4) is 0 Å². The predicted molar refractivity (Wildman–Crippen MR) is 67.9 cm³/mol. The number of imidazole rings is 1. The fourth-order valence-electron chi connectivity index (χ4n) is 1.63. The molecule has 0 aliphatic heterocycles. The molecule has 5 heteroatoms. The first-order chi connectivity index (χ1) is 8.84. The van der Waals surface area contributed by atoms with E-state index in [0.29, 0.717) is 19.4 Å². The molecular formula is C13H16N4O. The second-order valence-corrected chi connectivity index (χ2v) is 3.96. The highest BCUT2D eigenvalue weighted by Crippen LogP contribution is 1.98. The van der Waals surface area contributed by atoms with Crippen LogP contribution in [0.3, 0.4) is 0 Å². The lowest BCUT2D eigenvalue weighted by molar-refractivity contribution is -0.121. The molecule has 5 nitrogen and oxygen atoms in total. The number of hydrogen-bond donors (Lipinski definition) is 2. The van der Waals surface area contributed by atoms with Gasteiger partial charge in [-0.2, -0.15) is 0 Å². The van der Waals surface area contributed by atoms with Gasteiger partial charge < -0.3 is 10.3 Å². The molecule has 0 saturated carbocycles. The Labute approximate surface area is 106 Å². The number of aromatic nitrogens is 3. The molecule has 0 spiro atoms. The van der Waals surface area contributed by atoms with Gasteiger partial charge in [-0.15, -0.1) is 0 Å².